The lowest BCUT2D eigenvalue weighted by atomic mass is 10.0. The van der Waals surface area contributed by atoms with E-state index in [-0.39, 0.29) is 12.4 Å². The number of carbonyl (C=O) groups excluding carboxylic acids is 1. The predicted octanol–water partition coefficient (Wildman–Crippen LogP) is 7.05. The van der Waals surface area contributed by atoms with Gasteiger partial charge in [0.05, 0.1) is 6.21 Å². The van der Waals surface area contributed by atoms with E-state index in [4.69, 9.17) is 14.2 Å². The number of amides is 1. The molecule has 0 radical (unpaired) electrons. The van der Waals surface area contributed by atoms with Gasteiger partial charge in [0.25, 0.3) is 5.91 Å². The van der Waals surface area contributed by atoms with E-state index in [1.807, 2.05) is 66.7 Å². The highest BCUT2D eigenvalue weighted by Gasteiger charge is 2.15. The lowest BCUT2D eigenvalue weighted by Crippen LogP contribution is -2.33. The lowest BCUT2D eigenvalue weighted by Gasteiger charge is -2.14. The number of ether oxygens (including phenoxy) is 3. The molecule has 0 aliphatic carbocycles. The van der Waals surface area contributed by atoms with Crippen LogP contribution in [0.2, 0.25) is 0 Å². The van der Waals surface area contributed by atoms with Crippen LogP contribution in [0.15, 0.2) is 120 Å². The summed E-state index contributed by atoms with van der Waals surface area (Å²) in [5.41, 5.74) is 5.18. The van der Waals surface area contributed by atoms with Gasteiger partial charge in [-0.2, -0.15) is 5.10 Å². The molecule has 0 unspecified atom stereocenters. The van der Waals surface area contributed by atoms with Crippen molar-refractivity contribution in [3.63, 3.8) is 0 Å². The first-order valence-corrected chi connectivity index (χ1v) is 13.2. The van der Waals surface area contributed by atoms with Gasteiger partial charge in [0.15, 0.2) is 6.10 Å². The van der Waals surface area contributed by atoms with Gasteiger partial charge in [0.2, 0.25) is 0 Å². The molecule has 0 saturated heterocycles. The number of halogens is 1. The molecule has 0 fully saturated rings. The number of rotatable bonds is 11. The maximum absolute atomic E-state index is 13.3. The standard InChI is InChI=1S/C34H29FN2O4/c1-24(41-30-18-16-29(17-19-30)39-22-25-7-3-2-4-8-25)34(38)37-36-21-32-31-10-6-5-9-27(31)13-20-33(32)40-23-26-11-14-28(35)15-12-26/h2-21,24H,22-23H2,1H3,(H,37,38)/b36-21-/t24-/m0/s1. The van der Waals surface area contributed by atoms with Gasteiger partial charge >= 0.3 is 0 Å². The first kappa shape index (κ1) is 27.4. The van der Waals surface area contributed by atoms with Crippen molar-refractivity contribution in [2.45, 2.75) is 26.2 Å². The molecule has 41 heavy (non-hydrogen) atoms. The van der Waals surface area contributed by atoms with Crippen molar-refractivity contribution in [2.24, 2.45) is 5.10 Å². The molecule has 0 bridgehead atoms. The summed E-state index contributed by atoms with van der Waals surface area (Å²) >= 11 is 0. The van der Waals surface area contributed by atoms with E-state index in [1.165, 1.54) is 12.1 Å². The maximum atomic E-state index is 13.3. The van der Waals surface area contributed by atoms with Crippen LogP contribution in [-0.4, -0.2) is 18.2 Å². The van der Waals surface area contributed by atoms with E-state index in [0.29, 0.717) is 29.4 Å². The molecule has 0 spiro atoms. The zero-order valence-electron chi connectivity index (χ0n) is 22.5. The van der Waals surface area contributed by atoms with Crippen molar-refractivity contribution >= 4 is 22.9 Å². The highest BCUT2D eigenvalue weighted by Crippen LogP contribution is 2.27. The van der Waals surface area contributed by atoms with Crippen LogP contribution >= 0.6 is 0 Å². The Kier molecular flexibility index (Phi) is 8.86. The van der Waals surface area contributed by atoms with E-state index in [0.717, 1.165) is 21.9 Å². The van der Waals surface area contributed by atoms with Crippen molar-refractivity contribution in [3.05, 3.63) is 138 Å². The Morgan fingerprint density at radius 2 is 1.44 bits per heavy atom. The summed E-state index contributed by atoms with van der Waals surface area (Å²) in [6, 6.07) is 34.8. The van der Waals surface area contributed by atoms with Crippen LogP contribution in [0.25, 0.3) is 10.8 Å². The highest BCUT2D eigenvalue weighted by molar-refractivity contribution is 6.02. The molecular weight excluding hydrogens is 519 g/mol. The van der Waals surface area contributed by atoms with Crippen LogP contribution in [-0.2, 0) is 18.0 Å². The second-order valence-electron chi connectivity index (χ2n) is 9.35. The van der Waals surface area contributed by atoms with E-state index in [2.05, 4.69) is 10.5 Å². The molecule has 5 aromatic carbocycles. The summed E-state index contributed by atoms with van der Waals surface area (Å²) in [6.07, 6.45) is 0.774. The Hall–Kier alpha value is -5.17. The summed E-state index contributed by atoms with van der Waals surface area (Å²) in [7, 11) is 0. The van der Waals surface area contributed by atoms with Crippen LogP contribution < -0.4 is 19.6 Å². The predicted molar refractivity (Wildman–Crippen MR) is 158 cm³/mol. The first-order valence-electron chi connectivity index (χ1n) is 13.2. The summed E-state index contributed by atoms with van der Waals surface area (Å²) in [5.74, 6) is 1.13. The van der Waals surface area contributed by atoms with Crippen LogP contribution in [0, 0.1) is 5.82 Å². The Balaban J connectivity index is 1.20. The summed E-state index contributed by atoms with van der Waals surface area (Å²) in [6.45, 7) is 2.38. The molecule has 0 aliphatic heterocycles. The third kappa shape index (κ3) is 7.48. The van der Waals surface area contributed by atoms with Gasteiger partial charge in [-0.1, -0.05) is 72.8 Å². The number of hydrazone groups is 1. The van der Waals surface area contributed by atoms with E-state index < -0.39 is 12.0 Å². The van der Waals surface area contributed by atoms with Gasteiger partial charge in [-0.3, -0.25) is 4.79 Å². The second-order valence-corrected chi connectivity index (χ2v) is 9.35. The van der Waals surface area contributed by atoms with E-state index in [1.54, 1.807) is 49.5 Å². The SMILES string of the molecule is C[C@H](Oc1ccc(OCc2ccccc2)cc1)C(=O)N/N=C\c1c(OCc2ccc(F)cc2)ccc2ccccc12. The molecule has 0 saturated carbocycles. The number of benzene rings is 5. The topological polar surface area (TPSA) is 69.2 Å². The van der Waals surface area contributed by atoms with Gasteiger partial charge in [-0.05, 0) is 71.3 Å². The van der Waals surface area contributed by atoms with Gasteiger partial charge < -0.3 is 14.2 Å². The molecule has 1 N–H and O–H groups in total. The number of nitrogens with zero attached hydrogens (tertiary/aromatic N) is 1. The lowest BCUT2D eigenvalue weighted by molar-refractivity contribution is -0.127. The van der Waals surface area contributed by atoms with Crippen molar-refractivity contribution in [1.29, 1.82) is 0 Å². The average molecular weight is 549 g/mol. The van der Waals surface area contributed by atoms with Crippen molar-refractivity contribution < 1.29 is 23.4 Å². The molecular formula is C34H29FN2O4. The first-order chi connectivity index (χ1) is 20.0. The molecule has 0 heterocycles. The Bertz CT molecular complexity index is 1620. The van der Waals surface area contributed by atoms with Crippen molar-refractivity contribution in [3.8, 4) is 17.2 Å². The Morgan fingerprint density at radius 3 is 2.22 bits per heavy atom. The number of hydrogen-bond acceptors (Lipinski definition) is 5. The quantitative estimate of drug-likeness (QED) is 0.142. The zero-order chi connectivity index (χ0) is 28.4. The van der Waals surface area contributed by atoms with Gasteiger partial charge in [0.1, 0.15) is 36.3 Å². The largest absolute Gasteiger partial charge is 0.489 e. The zero-order valence-corrected chi connectivity index (χ0v) is 22.5. The van der Waals surface area contributed by atoms with Crippen LogP contribution in [0.5, 0.6) is 17.2 Å². The fourth-order valence-electron chi connectivity index (χ4n) is 4.14. The van der Waals surface area contributed by atoms with Crippen LogP contribution in [0.1, 0.15) is 23.6 Å². The molecule has 1 amide bonds. The fourth-order valence-corrected chi connectivity index (χ4v) is 4.14. The van der Waals surface area contributed by atoms with Crippen molar-refractivity contribution in [2.75, 3.05) is 0 Å². The molecule has 206 valence electrons. The van der Waals surface area contributed by atoms with Crippen molar-refractivity contribution in [1.82, 2.24) is 5.43 Å². The number of nitrogens with one attached hydrogen (secondary N) is 1. The highest BCUT2D eigenvalue weighted by atomic mass is 19.1. The van der Waals surface area contributed by atoms with Gasteiger partial charge in [-0.25, -0.2) is 9.82 Å². The van der Waals surface area contributed by atoms with Crippen LogP contribution in [0.3, 0.4) is 0 Å². The normalized spacial score (nSPS) is 11.8. The number of carbonyl (C=O) groups is 1. The number of hydrogen-bond donors (Lipinski definition) is 1. The third-order valence-electron chi connectivity index (χ3n) is 6.36. The monoisotopic (exact) mass is 548 g/mol. The maximum Gasteiger partial charge on any atom is 0.280 e. The minimum atomic E-state index is -0.787. The van der Waals surface area contributed by atoms with E-state index in [9.17, 15) is 9.18 Å². The Morgan fingerprint density at radius 1 is 0.780 bits per heavy atom. The molecule has 0 aliphatic rings. The second kappa shape index (κ2) is 13.3. The Labute approximate surface area is 238 Å². The van der Waals surface area contributed by atoms with Gasteiger partial charge in [-0.15, -0.1) is 0 Å². The minimum Gasteiger partial charge on any atom is -0.489 e. The molecule has 7 heteroatoms. The minimum absolute atomic E-state index is 0.257. The summed E-state index contributed by atoms with van der Waals surface area (Å²) in [4.78, 5) is 12.7. The molecule has 6 nitrogen and oxygen atoms in total. The molecule has 5 rings (SSSR count). The third-order valence-corrected chi connectivity index (χ3v) is 6.36. The number of fused-ring (bicyclic) bond motifs is 1. The molecule has 0 aromatic heterocycles. The summed E-state index contributed by atoms with van der Waals surface area (Å²) in [5, 5.41) is 6.11. The smallest absolute Gasteiger partial charge is 0.280 e. The van der Waals surface area contributed by atoms with E-state index >= 15 is 0 Å². The fraction of sp³-hybridized carbons (Fsp3) is 0.118. The van der Waals surface area contributed by atoms with Gasteiger partial charge in [0, 0.05) is 5.56 Å². The molecule has 5 aromatic rings. The summed E-state index contributed by atoms with van der Waals surface area (Å²) < 4.78 is 30.9. The molecule has 1 atom stereocenters. The van der Waals surface area contributed by atoms with Crippen LogP contribution in [0.4, 0.5) is 4.39 Å². The average Bonchev–Trinajstić information content (AvgIpc) is 3.01.